The number of hydrogen-bond acceptors (Lipinski definition) is 2. The molecule has 1 fully saturated rings. The summed E-state index contributed by atoms with van der Waals surface area (Å²) in [6.07, 6.45) is -4.67. The Morgan fingerprint density at radius 2 is 1.91 bits per heavy atom. The molecule has 4 nitrogen and oxygen atoms in total. The number of amides is 2. The topological polar surface area (TPSA) is 63.4 Å². The van der Waals surface area contributed by atoms with Gasteiger partial charge in [0.1, 0.15) is 5.82 Å². The molecule has 22 heavy (non-hydrogen) atoms. The van der Waals surface area contributed by atoms with E-state index in [-0.39, 0.29) is 5.56 Å². The van der Waals surface area contributed by atoms with Crippen molar-refractivity contribution in [2.24, 2.45) is 17.6 Å². The molecule has 0 aliphatic carbocycles. The smallest absolute Gasteiger partial charge is 0.369 e. The highest BCUT2D eigenvalue weighted by molar-refractivity contribution is 6.34. The van der Waals surface area contributed by atoms with Crippen molar-refractivity contribution in [1.29, 1.82) is 0 Å². The standard InChI is InChI=1S/C13H11ClF4N2O2/c14-10-6(2-1-3-9(10)15)12(22)20-4-7(11(19)21)8(5-20)13(16,17)18/h1-3,7-8H,4-5H2,(H2,19,21)/t7-,8-/m1/s1. The van der Waals surface area contributed by atoms with Crippen LogP contribution in [0.2, 0.25) is 5.02 Å². The molecule has 0 bridgehead atoms. The van der Waals surface area contributed by atoms with Gasteiger partial charge in [0.05, 0.1) is 22.4 Å². The van der Waals surface area contributed by atoms with Crippen molar-refractivity contribution >= 4 is 23.4 Å². The average molecular weight is 339 g/mol. The summed E-state index contributed by atoms with van der Waals surface area (Å²) in [6.45, 7) is -1.20. The summed E-state index contributed by atoms with van der Waals surface area (Å²) in [4.78, 5) is 24.2. The van der Waals surface area contributed by atoms with E-state index in [4.69, 9.17) is 17.3 Å². The second kappa shape index (κ2) is 5.75. The van der Waals surface area contributed by atoms with Gasteiger partial charge in [0.25, 0.3) is 5.91 Å². The van der Waals surface area contributed by atoms with Crippen molar-refractivity contribution in [1.82, 2.24) is 4.90 Å². The van der Waals surface area contributed by atoms with Crippen LogP contribution in [0.1, 0.15) is 10.4 Å². The van der Waals surface area contributed by atoms with Gasteiger partial charge < -0.3 is 10.6 Å². The fourth-order valence-corrected chi connectivity index (χ4v) is 2.64. The first-order chi connectivity index (χ1) is 10.1. The molecule has 2 atom stereocenters. The largest absolute Gasteiger partial charge is 0.394 e. The Balaban J connectivity index is 2.29. The minimum atomic E-state index is -4.67. The Hall–Kier alpha value is -1.83. The molecule has 1 aromatic carbocycles. The molecule has 1 aliphatic heterocycles. The number of carbonyl (C=O) groups is 2. The maximum absolute atomic E-state index is 13.3. The molecule has 1 aromatic rings. The number of hydrogen-bond donors (Lipinski definition) is 1. The van der Waals surface area contributed by atoms with E-state index in [1.165, 1.54) is 12.1 Å². The van der Waals surface area contributed by atoms with Crippen molar-refractivity contribution in [2.45, 2.75) is 6.18 Å². The third-order valence-electron chi connectivity index (χ3n) is 3.57. The molecule has 2 amide bonds. The van der Waals surface area contributed by atoms with E-state index in [1.807, 2.05) is 0 Å². The fourth-order valence-electron chi connectivity index (χ4n) is 2.43. The van der Waals surface area contributed by atoms with Crippen LogP contribution < -0.4 is 5.73 Å². The van der Waals surface area contributed by atoms with Crippen LogP contribution in [0.4, 0.5) is 17.6 Å². The molecule has 1 heterocycles. The summed E-state index contributed by atoms with van der Waals surface area (Å²) >= 11 is 5.66. The second-order valence-electron chi connectivity index (χ2n) is 4.97. The zero-order valence-electron chi connectivity index (χ0n) is 11.0. The van der Waals surface area contributed by atoms with E-state index in [0.29, 0.717) is 0 Å². The molecule has 0 spiro atoms. The lowest BCUT2D eigenvalue weighted by Crippen LogP contribution is -2.37. The number of carbonyl (C=O) groups excluding carboxylic acids is 2. The fraction of sp³-hybridized carbons (Fsp3) is 0.385. The predicted octanol–water partition coefficient (Wildman–Crippen LogP) is 2.21. The number of halogens is 5. The lowest BCUT2D eigenvalue weighted by atomic mass is 9.95. The molecule has 1 saturated heterocycles. The van der Waals surface area contributed by atoms with E-state index in [1.54, 1.807) is 0 Å². The van der Waals surface area contributed by atoms with Crippen LogP contribution in [-0.2, 0) is 4.79 Å². The van der Waals surface area contributed by atoms with Crippen LogP contribution in [0.25, 0.3) is 0 Å². The Labute approximate surface area is 127 Å². The molecule has 0 aromatic heterocycles. The first-order valence-corrected chi connectivity index (χ1v) is 6.60. The summed E-state index contributed by atoms with van der Waals surface area (Å²) < 4.78 is 52.1. The van der Waals surface area contributed by atoms with E-state index < -0.39 is 53.8 Å². The SMILES string of the molecule is NC(=O)[C@@H]1CN(C(=O)c2cccc(F)c2Cl)C[C@H]1C(F)(F)F. The lowest BCUT2D eigenvalue weighted by molar-refractivity contribution is -0.182. The van der Waals surface area contributed by atoms with E-state index in [9.17, 15) is 27.2 Å². The summed E-state index contributed by atoms with van der Waals surface area (Å²) in [5.74, 6) is -6.44. The summed E-state index contributed by atoms with van der Waals surface area (Å²) in [7, 11) is 0. The number of alkyl halides is 3. The highest BCUT2D eigenvalue weighted by Gasteiger charge is 2.52. The number of nitrogens with zero attached hydrogens (tertiary/aromatic N) is 1. The van der Waals surface area contributed by atoms with Crippen molar-refractivity contribution in [2.75, 3.05) is 13.1 Å². The number of nitrogens with two attached hydrogens (primary N) is 1. The maximum atomic E-state index is 13.3. The lowest BCUT2D eigenvalue weighted by Gasteiger charge is -2.19. The first-order valence-electron chi connectivity index (χ1n) is 6.22. The van der Waals surface area contributed by atoms with E-state index in [2.05, 4.69) is 0 Å². The average Bonchev–Trinajstić information content (AvgIpc) is 2.86. The number of rotatable bonds is 2. The van der Waals surface area contributed by atoms with Gasteiger partial charge in [0, 0.05) is 13.1 Å². The van der Waals surface area contributed by atoms with Crippen LogP contribution in [0.3, 0.4) is 0 Å². The van der Waals surface area contributed by atoms with Crippen LogP contribution in [0.15, 0.2) is 18.2 Å². The number of primary amides is 1. The van der Waals surface area contributed by atoms with Gasteiger partial charge in [0.2, 0.25) is 5.91 Å². The Morgan fingerprint density at radius 3 is 2.41 bits per heavy atom. The minimum Gasteiger partial charge on any atom is -0.369 e. The summed E-state index contributed by atoms with van der Waals surface area (Å²) in [5, 5.41) is -0.474. The Kier molecular flexibility index (Phi) is 4.32. The first kappa shape index (κ1) is 16.5. The molecule has 1 aliphatic rings. The summed E-state index contributed by atoms with van der Waals surface area (Å²) in [5.41, 5.74) is 4.72. The van der Waals surface area contributed by atoms with Gasteiger partial charge in [-0.3, -0.25) is 9.59 Å². The second-order valence-corrected chi connectivity index (χ2v) is 5.35. The van der Waals surface area contributed by atoms with Crippen LogP contribution >= 0.6 is 11.6 Å². The normalized spacial score (nSPS) is 22.0. The highest BCUT2D eigenvalue weighted by Crippen LogP contribution is 2.38. The van der Waals surface area contributed by atoms with Gasteiger partial charge in [-0.05, 0) is 12.1 Å². The maximum Gasteiger partial charge on any atom is 0.394 e. The van der Waals surface area contributed by atoms with Crippen molar-refractivity contribution in [3.05, 3.63) is 34.6 Å². The molecule has 0 unspecified atom stereocenters. The Bertz CT molecular complexity index is 621. The molecule has 2 N–H and O–H groups in total. The quantitative estimate of drug-likeness (QED) is 0.840. The summed E-state index contributed by atoms with van der Waals surface area (Å²) in [6, 6.07) is 3.44. The predicted molar refractivity (Wildman–Crippen MR) is 69.5 cm³/mol. The van der Waals surface area contributed by atoms with Gasteiger partial charge in [-0.15, -0.1) is 0 Å². The van der Waals surface area contributed by atoms with Crippen molar-refractivity contribution in [3.8, 4) is 0 Å². The zero-order valence-corrected chi connectivity index (χ0v) is 11.8. The van der Waals surface area contributed by atoms with Crippen LogP contribution in [0, 0.1) is 17.7 Å². The van der Waals surface area contributed by atoms with Gasteiger partial charge in [-0.25, -0.2) is 4.39 Å². The van der Waals surface area contributed by atoms with Gasteiger partial charge in [-0.2, -0.15) is 13.2 Å². The zero-order chi connectivity index (χ0) is 16.7. The monoisotopic (exact) mass is 338 g/mol. The number of likely N-dealkylation sites (tertiary alicyclic amines) is 1. The number of benzene rings is 1. The van der Waals surface area contributed by atoms with E-state index >= 15 is 0 Å². The van der Waals surface area contributed by atoms with Gasteiger partial charge in [0.15, 0.2) is 0 Å². The molecule has 0 saturated carbocycles. The molecule has 2 rings (SSSR count). The third-order valence-corrected chi connectivity index (χ3v) is 3.96. The van der Waals surface area contributed by atoms with Crippen molar-refractivity contribution < 1.29 is 27.2 Å². The molecule has 120 valence electrons. The third kappa shape index (κ3) is 3.01. The van der Waals surface area contributed by atoms with Crippen LogP contribution in [0.5, 0.6) is 0 Å². The molecule has 0 radical (unpaired) electrons. The Morgan fingerprint density at radius 1 is 1.27 bits per heavy atom. The van der Waals surface area contributed by atoms with Crippen molar-refractivity contribution in [3.63, 3.8) is 0 Å². The van der Waals surface area contributed by atoms with Gasteiger partial charge in [-0.1, -0.05) is 17.7 Å². The highest BCUT2D eigenvalue weighted by atomic mass is 35.5. The molecular weight excluding hydrogens is 328 g/mol. The van der Waals surface area contributed by atoms with Crippen LogP contribution in [-0.4, -0.2) is 36.0 Å². The van der Waals surface area contributed by atoms with Gasteiger partial charge >= 0.3 is 6.18 Å². The van der Waals surface area contributed by atoms with E-state index in [0.717, 1.165) is 11.0 Å². The minimum absolute atomic E-state index is 0.257. The molecule has 9 heteroatoms. The molecular formula is C13H11ClF4N2O2.